The van der Waals surface area contributed by atoms with Gasteiger partial charge in [0.05, 0.1) is 5.75 Å². The van der Waals surface area contributed by atoms with Crippen molar-refractivity contribution in [2.45, 2.75) is 39.7 Å². The van der Waals surface area contributed by atoms with E-state index in [1.807, 2.05) is 13.0 Å². The van der Waals surface area contributed by atoms with Crippen LogP contribution in [-0.2, 0) is 16.3 Å². The normalized spacial score (nSPS) is 14.3. The van der Waals surface area contributed by atoms with Crippen LogP contribution < -0.4 is 10.6 Å². The fourth-order valence-electron chi connectivity index (χ4n) is 2.42. The van der Waals surface area contributed by atoms with Crippen molar-refractivity contribution in [2.75, 3.05) is 25.6 Å². The monoisotopic (exact) mass is 353 g/mol. The first-order valence-electron chi connectivity index (χ1n) is 8.30. The van der Waals surface area contributed by atoms with E-state index in [1.54, 1.807) is 7.05 Å². The third kappa shape index (κ3) is 8.91. The molecule has 1 atom stereocenters. The molecule has 0 saturated heterocycles. The standard InChI is InChI=1S/C18H31N3O2S/c1-15(11-12-24(5,22)23)21-17(19-4)20-14-18(2,3)13-16-9-7-6-8-10-16/h6-10,15H,11-14H2,1-5H3,(H2,19,20,21). The smallest absolute Gasteiger partial charge is 0.191 e. The molecule has 1 unspecified atom stereocenters. The van der Waals surface area contributed by atoms with E-state index in [-0.39, 0.29) is 17.2 Å². The zero-order valence-corrected chi connectivity index (χ0v) is 16.3. The summed E-state index contributed by atoms with van der Waals surface area (Å²) in [5, 5.41) is 6.60. The second-order valence-corrected chi connectivity index (χ2v) is 9.48. The zero-order valence-electron chi connectivity index (χ0n) is 15.5. The number of nitrogens with zero attached hydrogens (tertiary/aromatic N) is 1. The highest BCUT2D eigenvalue weighted by Gasteiger charge is 2.19. The lowest BCUT2D eigenvalue weighted by Crippen LogP contribution is -2.46. The van der Waals surface area contributed by atoms with E-state index in [2.05, 4.69) is 53.7 Å². The third-order valence-corrected chi connectivity index (χ3v) is 4.77. The SMILES string of the molecule is CN=C(NCC(C)(C)Cc1ccccc1)NC(C)CCS(C)(=O)=O. The first-order valence-corrected chi connectivity index (χ1v) is 10.4. The molecule has 0 aliphatic carbocycles. The van der Waals surface area contributed by atoms with E-state index < -0.39 is 9.84 Å². The van der Waals surface area contributed by atoms with Crippen molar-refractivity contribution in [3.05, 3.63) is 35.9 Å². The molecule has 0 heterocycles. The van der Waals surface area contributed by atoms with Crippen LogP contribution in [-0.4, -0.2) is 46.0 Å². The van der Waals surface area contributed by atoms with Gasteiger partial charge in [0.15, 0.2) is 5.96 Å². The van der Waals surface area contributed by atoms with Crippen molar-refractivity contribution in [2.24, 2.45) is 10.4 Å². The Hall–Kier alpha value is -1.56. The van der Waals surface area contributed by atoms with E-state index in [9.17, 15) is 8.42 Å². The van der Waals surface area contributed by atoms with Gasteiger partial charge in [-0.05, 0) is 30.7 Å². The average molecular weight is 354 g/mol. The number of nitrogens with one attached hydrogen (secondary N) is 2. The van der Waals surface area contributed by atoms with Crippen LogP contribution in [0.2, 0.25) is 0 Å². The highest BCUT2D eigenvalue weighted by atomic mass is 32.2. The number of guanidine groups is 1. The van der Waals surface area contributed by atoms with Crippen molar-refractivity contribution in [1.29, 1.82) is 0 Å². The van der Waals surface area contributed by atoms with Crippen molar-refractivity contribution < 1.29 is 8.42 Å². The molecule has 2 N–H and O–H groups in total. The number of hydrogen-bond acceptors (Lipinski definition) is 3. The lowest BCUT2D eigenvalue weighted by atomic mass is 9.86. The molecule has 0 aromatic heterocycles. The van der Waals surface area contributed by atoms with Crippen LogP contribution in [0, 0.1) is 5.41 Å². The van der Waals surface area contributed by atoms with Crippen molar-refractivity contribution in [3.8, 4) is 0 Å². The van der Waals surface area contributed by atoms with Gasteiger partial charge in [-0.25, -0.2) is 8.42 Å². The van der Waals surface area contributed by atoms with E-state index >= 15 is 0 Å². The maximum absolute atomic E-state index is 11.2. The summed E-state index contributed by atoms with van der Waals surface area (Å²) in [5.41, 5.74) is 1.39. The maximum atomic E-state index is 11.2. The Bertz CT molecular complexity index is 625. The number of hydrogen-bond donors (Lipinski definition) is 2. The molecule has 136 valence electrons. The minimum Gasteiger partial charge on any atom is -0.356 e. The lowest BCUT2D eigenvalue weighted by molar-refractivity contribution is 0.358. The van der Waals surface area contributed by atoms with Gasteiger partial charge in [0.25, 0.3) is 0 Å². The second kappa shape index (κ2) is 9.06. The summed E-state index contributed by atoms with van der Waals surface area (Å²) in [4.78, 5) is 4.23. The largest absolute Gasteiger partial charge is 0.356 e. The predicted molar refractivity (Wildman–Crippen MR) is 102 cm³/mol. The minimum absolute atomic E-state index is 0.0446. The summed E-state index contributed by atoms with van der Waals surface area (Å²) in [6.07, 6.45) is 2.80. The number of rotatable bonds is 8. The van der Waals surface area contributed by atoms with Crippen LogP contribution in [0.25, 0.3) is 0 Å². The Morgan fingerprint density at radius 1 is 1.25 bits per heavy atom. The molecule has 1 rings (SSSR count). The van der Waals surface area contributed by atoms with Gasteiger partial charge < -0.3 is 10.6 Å². The van der Waals surface area contributed by atoms with Crippen LogP contribution in [0.5, 0.6) is 0 Å². The van der Waals surface area contributed by atoms with Crippen LogP contribution in [0.3, 0.4) is 0 Å². The molecule has 5 nitrogen and oxygen atoms in total. The minimum atomic E-state index is -2.93. The Balaban J connectivity index is 2.47. The molecule has 0 aliphatic heterocycles. The first-order chi connectivity index (χ1) is 11.1. The van der Waals surface area contributed by atoms with E-state index in [4.69, 9.17) is 0 Å². The molecule has 0 spiro atoms. The van der Waals surface area contributed by atoms with Crippen LogP contribution in [0.4, 0.5) is 0 Å². The maximum Gasteiger partial charge on any atom is 0.191 e. The van der Waals surface area contributed by atoms with E-state index in [1.165, 1.54) is 11.8 Å². The Labute approximate surface area is 146 Å². The van der Waals surface area contributed by atoms with Crippen molar-refractivity contribution >= 4 is 15.8 Å². The molecule has 24 heavy (non-hydrogen) atoms. The molecule has 0 saturated carbocycles. The summed E-state index contributed by atoms with van der Waals surface area (Å²) >= 11 is 0. The van der Waals surface area contributed by atoms with E-state index in [0.29, 0.717) is 12.4 Å². The van der Waals surface area contributed by atoms with Gasteiger partial charge in [0.2, 0.25) is 0 Å². The summed E-state index contributed by atoms with van der Waals surface area (Å²) in [5.74, 6) is 0.884. The van der Waals surface area contributed by atoms with Crippen molar-refractivity contribution in [1.82, 2.24) is 10.6 Å². The number of benzene rings is 1. The topological polar surface area (TPSA) is 70.6 Å². The Morgan fingerprint density at radius 2 is 1.88 bits per heavy atom. The molecule has 6 heteroatoms. The van der Waals surface area contributed by atoms with Gasteiger partial charge in [0, 0.05) is 25.9 Å². The Kier molecular flexibility index (Phi) is 7.73. The molecule has 1 aromatic rings. The van der Waals surface area contributed by atoms with Gasteiger partial charge >= 0.3 is 0 Å². The molecule has 0 amide bonds. The van der Waals surface area contributed by atoms with Crippen LogP contribution in [0.1, 0.15) is 32.8 Å². The molecular formula is C18H31N3O2S. The average Bonchev–Trinajstić information content (AvgIpc) is 2.49. The van der Waals surface area contributed by atoms with Gasteiger partial charge in [-0.2, -0.15) is 0 Å². The molecule has 1 aromatic carbocycles. The quantitative estimate of drug-likeness (QED) is 0.555. The zero-order chi connectivity index (χ0) is 18.2. The summed E-state index contributed by atoms with van der Waals surface area (Å²) in [6.45, 7) is 7.17. The predicted octanol–water partition coefficient (Wildman–Crippen LogP) is 2.24. The fourth-order valence-corrected chi connectivity index (χ4v) is 3.21. The highest BCUT2D eigenvalue weighted by molar-refractivity contribution is 7.90. The lowest BCUT2D eigenvalue weighted by Gasteiger charge is -2.27. The summed E-state index contributed by atoms with van der Waals surface area (Å²) < 4.78 is 22.5. The number of aliphatic imine (C=N–C) groups is 1. The molecular weight excluding hydrogens is 322 g/mol. The molecule has 0 radical (unpaired) electrons. The first kappa shape index (κ1) is 20.5. The molecule has 0 aliphatic rings. The van der Waals surface area contributed by atoms with Gasteiger partial charge in [-0.1, -0.05) is 44.2 Å². The highest BCUT2D eigenvalue weighted by Crippen LogP contribution is 2.20. The molecule has 0 fully saturated rings. The van der Waals surface area contributed by atoms with Gasteiger partial charge in [0.1, 0.15) is 9.84 Å². The molecule has 0 bridgehead atoms. The third-order valence-electron chi connectivity index (χ3n) is 3.79. The second-order valence-electron chi connectivity index (χ2n) is 7.22. The van der Waals surface area contributed by atoms with Gasteiger partial charge in [-0.3, -0.25) is 4.99 Å². The van der Waals surface area contributed by atoms with Crippen LogP contribution >= 0.6 is 0 Å². The van der Waals surface area contributed by atoms with E-state index in [0.717, 1.165) is 13.0 Å². The summed E-state index contributed by atoms with van der Waals surface area (Å²) in [6, 6.07) is 10.5. The van der Waals surface area contributed by atoms with Crippen LogP contribution in [0.15, 0.2) is 35.3 Å². The Morgan fingerprint density at radius 3 is 2.42 bits per heavy atom. The van der Waals surface area contributed by atoms with Gasteiger partial charge in [-0.15, -0.1) is 0 Å². The summed E-state index contributed by atoms with van der Waals surface area (Å²) in [7, 11) is -1.21. The van der Waals surface area contributed by atoms with Crippen molar-refractivity contribution in [3.63, 3.8) is 0 Å². The fraction of sp³-hybridized carbons (Fsp3) is 0.611. The number of sulfone groups is 1.